The maximum atomic E-state index is 5.68. The van der Waals surface area contributed by atoms with Crippen molar-refractivity contribution in [3.05, 3.63) is 46.6 Å². The summed E-state index contributed by atoms with van der Waals surface area (Å²) in [4.78, 5) is 7.55. The van der Waals surface area contributed by atoms with Gasteiger partial charge in [0.15, 0.2) is 0 Å². The minimum Gasteiger partial charge on any atom is -0.338 e. The van der Waals surface area contributed by atoms with Crippen LogP contribution in [0.25, 0.3) is 0 Å². The lowest BCUT2D eigenvalue weighted by atomic mass is 10.0. The number of thiocarbonyl (C=S) groups is 1. The molecule has 1 aromatic carbocycles. The second kappa shape index (κ2) is 4.56. The van der Waals surface area contributed by atoms with E-state index in [9.17, 15) is 0 Å². The zero-order valence-corrected chi connectivity index (χ0v) is 12.9. The fourth-order valence-electron chi connectivity index (χ4n) is 2.57. The summed E-state index contributed by atoms with van der Waals surface area (Å²) in [5, 5.41) is 3.43. The number of anilines is 3. The largest absolute Gasteiger partial charge is 0.338 e. The number of nitrogens with zero attached hydrogens (tertiary/aromatic N) is 2. The van der Waals surface area contributed by atoms with Crippen molar-refractivity contribution in [1.82, 2.24) is 4.98 Å². The lowest BCUT2D eigenvalue weighted by molar-refractivity contribution is 1.12. The van der Waals surface area contributed by atoms with Crippen LogP contribution in [-0.2, 0) is 0 Å². The molecule has 0 radical (unpaired) electrons. The Bertz CT molecular complexity index is 722. The van der Waals surface area contributed by atoms with E-state index in [0.717, 1.165) is 33.4 Å². The molecule has 4 heteroatoms. The van der Waals surface area contributed by atoms with E-state index in [-0.39, 0.29) is 0 Å². The molecule has 0 saturated carbocycles. The first-order valence-corrected chi connectivity index (χ1v) is 7.03. The molecule has 1 aliphatic rings. The van der Waals surface area contributed by atoms with E-state index in [0.29, 0.717) is 0 Å². The fourth-order valence-corrected chi connectivity index (χ4v) is 2.92. The lowest BCUT2D eigenvalue weighted by Crippen LogP contribution is -2.25. The first kappa shape index (κ1) is 13.1. The van der Waals surface area contributed by atoms with Gasteiger partial charge in [-0.3, -0.25) is 0 Å². The van der Waals surface area contributed by atoms with Gasteiger partial charge in [-0.1, -0.05) is 24.4 Å². The summed E-state index contributed by atoms with van der Waals surface area (Å²) >= 11 is 5.68. The molecule has 0 unspecified atom stereocenters. The smallest absolute Gasteiger partial charge is 0.141 e. The van der Waals surface area contributed by atoms with Crippen molar-refractivity contribution in [3.63, 3.8) is 0 Å². The normalized spacial score (nSPS) is 13.4. The predicted octanol–water partition coefficient (Wildman–Crippen LogP) is 3.88. The monoisotopic (exact) mass is 283 g/mol. The Labute approximate surface area is 124 Å². The van der Waals surface area contributed by atoms with Crippen molar-refractivity contribution in [2.24, 2.45) is 0 Å². The molecule has 1 aliphatic heterocycles. The summed E-state index contributed by atoms with van der Waals surface area (Å²) in [5.74, 6) is 0.854. The van der Waals surface area contributed by atoms with Gasteiger partial charge in [0.05, 0.1) is 16.9 Å². The number of hydrogen-bond acceptors (Lipinski definition) is 3. The molecule has 102 valence electrons. The number of para-hydroxylation sites is 2. The third-order valence-electron chi connectivity index (χ3n) is 4.03. The molecule has 2 heterocycles. The quantitative estimate of drug-likeness (QED) is 0.743. The van der Waals surface area contributed by atoms with Crippen LogP contribution in [0.2, 0.25) is 0 Å². The molecule has 20 heavy (non-hydrogen) atoms. The van der Waals surface area contributed by atoms with Gasteiger partial charge in [0, 0.05) is 12.7 Å². The van der Waals surface area contributed by atoms with Crippen LogP contribution in [0.1, 0.15) is 22.4 Å². The van der Waals surface area contributed by atoms with Crippen molar-refractivity contribution >= 4 is 34.4 Å². The van der Waals surface area contributed by atoms with Gasteiger partial charge < -0.3 is 10.2 Å². The van der Waals surface area contributed by atoms with Crippen LogP contribution in [0.3, 0.4) is 0 Å². The molecule has 0 saturated heterocycles. The van der Waals surface area contributed by atoms with E-state index < -0.39 is 0 Å². The van der Waals surface area contributed by atoms with Crippen LogP contribution in [0, 0.1) is 20.8 Å². The standard InChI is InChI=1S/C16H17N3S/c1-9-10(2)14-15(17-11(9)3)18-12-7-5-6-8-13(12)19(4)16(14)20/h5-8H,1-4H3,(H,17,18). The summed E-state index contributed by atoms with van der Waals surface area (Å²) < 4.78 is 0. The fraction of sp³-hybridized carbons (Fsp3) is 0.250. The highest BCUT2D eigenvalue weighted by atomic mass is 32.1. The topological polar surface area (TPSA) is 28.2 Å². The lowest BCUT2D eigenvalue weighted by Gasteiger charge is -2.21. The number of nitrogens with one attached hydrogen (secondary N) is 1. The maximum Gasteiger partial charge on any atom is 0.141 e. The number of hydrogen-bond donors (Lipinski definition) is 1. The average molecular weight is 283 g/mol. The summed E-state index contributed by atoms with van der Waals surface area (Å²) in [6.07, 6.45) is 0. The molecule has 0 spiro atoms. The summed E-state index contributed by atoms with van der Waals surface area (Å²) in [6, 6.07) is 8.15. The van der Waals surface area contributed by atoms with Crippen LogP contribution in [0.4, 0.5) is 17.2 Å². The van der Waals surface area contributed by atoms with Crippen LogP contribution >= 0.6 is 12.2 Å². The summed E-state index contributed by atoms with van der Waals surface area (Å²) in [7, 11) is 2.01. The highest BCUT2D eigenvalue weighted by molar-refractivity contribution is 7.81. The highest BCUT2D eigenvalue weighted by Crippen LogP contribution is 2.36. The Morgan fingerprint density at radius 1 is 1.10 bits per heavy atom. The van der Waals surface area contributed by atoms with Gasteiger partial charge in [0.2, 0.25) is 0 Å². The van der Waals surface area contributed by atoms with Gasteiger partial charge in [-0.2, -0.15) is 0 Å². The van der Waals surface area contributed by atoms with Gasteiger partial charge in [0.1, 0.15) is 10.8 Å². The van der Waals surface area contributed by atoms with Gasteiger partial charge >= 0.3 is 0 Å². The number of benzene rings is 1. The first-order valence-electron chi connectivity index (χ1n) is 6.62. The molecular weight excluding hydrogens is 266 g/mol. The van der Waals surface area contributed by atoms with Gasteiger partial charge in [-0.15, -0.1) is 0 Å². The minimum atomic E-state index is 0.811. The third kappa shape index (κ3) is 1.79. The highest BCUT2D eigenvalue weighted by Gasteiger charge is 2.24. The van der Waals surface area contributed by atoms with Crippen molar-refractivity contribution in [1.29, 1.82) is 0 Å². The molecule has 0 bridgehead atoms. The van der Waals surface area contributed by atoms with E-state index in [1.165, 1.54) is 11.1 Å². The Morgan fingerprint density at radius 2 is 1.80 bits per heavy atom. The molecular formula is C16H17N3S. The molecule has 0 atom stereocenters. The van der Waals surface area contributed by atoms with Crippen molar-refractivity contribution in [2.75, 3.05) is 17.3 Å². The Balaban J connectivity index is 2.31. The number of pyridine rings is 1. The number of aromatic nitrogens is 1. The first-order chi connectivity index (χ1) is 9.50. The van der Waals surface area contributed by atoms with Gasteiger partial charge in [-0.05, 0) is 44.0 Å². The van der Waals surface area contributed by atoms with E-state index in [1.807, 2.05) is 31.0 Å². The predicted molar refractivity (Wildman–Crippen MR) is 88.3 cm³/mol. The second-order valence-electron chi connectivity index (χ2n) is 5.18. The van der Waals surface area contributed by atoms with Crippen molar-refractivity contribution in [3.8, 4) is 0 Å². The molecule has 1 N–H and O–H groups in total. The average Bonchev–Trinajstić information content (AvgIpc) is 2.53. The van der Waals surface area contributed by atoms with E-state index >= 15 is 0 Å². The molecule has 3 rings (SSSR count). The molecule has 1 aromatic heterocycles. The van der Waals surface area contributed by atoms with E-state index in [1.54, 1.807) is 0 Å². The molecule has 2 aromatic rings. The Morgan fingerprint density at radius 3 is 2.55 bits per heavy atom. The Kier molecular flexibility index (Phi) is 2.98. The van der Waals surface area contributed by atoms with Crippen LogP contribution < -0.4 is 10.2 Å². The molecule has 0 aliphatic carbocycles. The maximum absolute atomic E-state index is 5.68. The Hall–Kier alpha value is -1.94. The summed E-state index contributed by atoms with van der Waals surface area (Å²) in [5.41, 5.74) is 6.58. The van der Waals surface area contributed by atoms with Gasteiger partial charge in [0.25, 0.3) is 0 Å². The number of aryl methyl sites for hydroxylation is 1. The van der Waals surface area contributed by atoms with Crippen molar-refractivity contribution in [2.45, 2.75) is 20.8 Å². The SMILES string of the molecule is Cc1nc2c(c(C)c1C)C(=S)N(C)c1ccccc1N2. The third-order valence-corrected chi connectivity index (χ3v) is 4.51. The molecule has 3 nitrogen and oxygen atoms in total. The minimum absolute atomic E-state index is 0.811. The molecule has 0 fully saturated rings. The molecule has 0 amide bonds. The second-order valence-corrected chi connectivity index (χ2v) is 5.56. The van der Waals surface area contributed by atoms with Crippen LogP contribution in [0.15, 0.2) is 24.3 Å². The summed E-state index contributed by atoms with van der Waals surface area (Å²) in [6.45, 7) is 6.24. The van der Waals surface area contributed by atoms with E-state index in [4.69, 9.17) is 17.2 Å². The van der Waals surface area contributed by atoms with Gasteiger partial charge in [-0.25, -0.2) is 4.98 Å². The van der Waals surface area contributed by atoms with Crippen LogP contribution in [-0.4, -0.2) is 17.0 Å². The van der Waals surface area contributed by atoms with E-state index in [2.05, 4.69) is 31.3 Å². The zero-order valence-electron chi connectivity index (χ0n) is 12.1. The van der Waals surface area contributed by atoms with Crippen LogP contribution in [0.5, 0.6) is 0 Å². The number of fused-ring (bicyclic) bond motifs is 2. The number of rotatable bonds is 0. The zero-order chi connectivity index (χ0) is 14.4. The van der Waals surface area contributed by atoms with Crippen molar-refractivity contribution < 1.29 is 0 Å².